The van der Waals surface area contributed by atoms with E-state index in [2.05, 4.69) is 48.7 Å². The quantitative estimate of drug-likeness (QED) is 0.757. The van der Waals surface area contributed by atoms with Crippen molar-refractivity contribution in [1.29, 1.82) is 0 Å². The van der Waals surface area contributed by atoms with Crippen LogP contribution in [0.4, 0.5) is 4.79 Å². The number of hydrogen-bond acceptors (Lipinski definition) is 2. The Morgan fingerprint density at radius 2 is 2.05 bits per heavy atom. The first-order valence-electron chi connectivity index (χ1n) is 8.34. The minimum atomic E-state index is -0.181. The first-order chi connectivity index (χ1) is 10.6. The van der Waals surface area contributed by atoms with E-state index in [0.29, 0.717) is 12.5 Å². The molecule has 122 valence electrons. The van der Waals surface area contributed by atoms with E-state index in [1.165, 1.54) is 11.1 Å². The summed E-state index contributed by atoms with van der Waals surface area (Å²) in [5, 5.41) is 15.5. The Labute approximate surface area is 133 Å². The molecule has 0 spiro atoms. The predicted octanol–water partition coefficient (Wildman–Crippen LogP) is 2.78. The topological polar surface area (TPSA) is 61.4 Å². The van der Waals surface area contributed by atoms with Crippen molar-refractivity contribution in [2.45, 2.75) is 58.1 Å². The van der Waals surface area contributed by atoms with Crippen LogP contribution in [0.25, 0.3) is 0 Å². The van der Waals surface area contributed by atoms with Crippen LogP contribution in [0.2, 0.25) is 0 Å². The molecule has 3 atom stereocenters. The van der Waals surface area contributed by atoms with E-state index in [-0.39, 0.29) is 18.2 Å². The molecule has 0 aromatic heterocycles. The van der Waals surface area contributed by atoms with E-state index in [9.17, 15) is 9.90 Å². The highest BCUT2D eigenvalue weighted by molar-refractivity contribution is 5.74. The Balaban J connectivity index is 1.74. The van der Waals surface area contributed by atoms with Gasteiger partial charge in [-0.2, -0.15) is 0 Å². The van der Waals surface area contributed by atoms with Gasteiger partial charge in [-0.05, 0) is 50.5 Å². The average Bonchev–Trinajstić information content (AvgIpc) is 2.92. The zero-order chi connectivity index (χ0) is 15.9. The van der Waals surface area contributed by atoms with Gasteiger partial charge in [-0.1, -0.05) is 36.8 Å². The van der Waals surface area contributed by atoms with E-state index in [0.717, 1.165) is 32.1 Å². The maximum Gasteiger partial charge on any atom is 0.315 e. The van der Waals surface area contributed by atoms with E-state index in [4.69, 9.17) is 0 Å². The summed E-state index contributed by atoms with van der Waals surface area (Å²) in [6.45, 7) is 4.82. The molecule has 2 rings (SSSR count). The second kappa shape index (κ2) is 8.18. The van der Waals surface area contributed by atoms with Crippen molar-refractivity contribution in [3.05, 3.63) is 35.4 Å². The number of urea groups is 1. The van der Waals surface area contributed by atoms with Crippen molar-refractivity contribution < 1.29 is 9.90 Å². The van der Waals surface area contributed by atoms with Gasteiger partial charge >= 0.3 is 6.03 Å². The highest BCUT2D eigenvalue weighted by Crippen LogP contribution is 2.24. The lowest BCUT2D eigenvalue weighted by molar-refractivity contribution is 0.177. The minimum absolute atomic E-state index is 0.0969. The fraction of sp³-hybridized carbons (Fsp3) is 0.611. The first-order valence-corrected chi connectivity index (χ1v) is 8.34. The number of benzene rings is 1. The molecule has 1 aliphatic carbocycles. The molecule has 2 amide bonds. The van der Waals surface area contributed by atoms with Crippen molar-refractivity contribution in [3.63, 3.8) is 0 Å². The number of aliphatic hydroxyl groups excluding tert-OH is 1. The number of carbonyl (C=O) groups is 1. The zero-order valence-corrected chi connectivity index (χ0v) is 13.6. The Hall–Kier alpha value is -1.55. The lowest BCUT2D eigenvalue weighted by Gasteiger charge is -2.19. The lowest BCUT2D eigenvalue weighted by atomic mass is 10.0. The molecule has 3 N–H and O–H groups in total. The van der Waals surface area contributed by atoms with Crippen molar-refractivity contribution in [1.82, 2.24) is 10.6 Å². The van der Waals surface area contributed by atoms with Crippen LogP contribution in [-0.2, 0) is 6.42 Å². The van der Waals surface area contributed by atoms with Crippen LogP contribution < -0.4 is 10.6 Å². The third kappa shape index (κ3) is 5.34. The van der Waals surface area contributed by atoms with Crippen LogP contribution in [0, 0.1) is 12.8 Å². The number of aryl methyl sites for hydroxylation is 1. The number of amides is 2. The molecular weight excluding hydrogens is 276 g/mol. The summed E-state index contributed by atoms with van der Waals surface area (Å²) in [6, 6.07) is 8.51. The first kappa shape index (κ1) is 16.8. The second-order valence-electron chi connectivity index (χ2n) is 6.48. The van der Waals surface area contributed by atoms with Crippen molar-refractivity contribution >= 4 is 6.03 Å². The second-order valence-corrected chi connectivity index (χ2v) is 6.48. The van der Waals surface area contributed by atoms with Crippen LogP contribution in [0.3, 0.4) is 0 Å². The van der Waals surface area contributed by atoms with Gasteiger partial charge in [0, 0.05) is 12.6 Å². The van der Waals surface area contributed by atoms with Crippen LogP contribution >= 0.6 is 0 Å². The molecule has 0 radical (unpaired) electrons. The van der Waals surface area contributed by atoms with Gasteiger partial charge in [0.25, 0.3) is 0 Å². The van der Waals surface area contributed by atoms with Crippen LogP contribution in [0.1, 0.15) is 43.7 Å². The monoisotopic (exact) mass is 304 g/mol. The fourth-order valence-electron chi connectivity index (χ4n) is 3.01. The largest absolute Gasteiger partial charge is 0.393 e. The summed E-state index contributed by atoms with van der Waals surface area (Å²) < 4.78 is 0. The molecule has 1 aromatic carbocycles. The molecule has 1 aliphatic rings. The zero-order valence-electron chi connectivity index (χ0n) is 13.6. The van der Waals surface area contributed by atoms with Gasteiger partial charge < -0.3 is 15.7 Å². The number of rotatable bonds is 6. The summed E-state index contributed by atoms with van der Waals surface area (Å²) in [5.41, 5.74) is 2.50. The number of carbonyl (C=O) groups excluding carboxylic acids is 1. The van der Waals surface area contributed by atoms with Gasteiger partial charge in [0.2, 0.25) is 0 Å². The normalized spacial score (nSPS) is 22.3. The third-order valence-electron chi connectivity index (χ3n) is 4.50. The van der Waals surface area contributed by atoms with Gasteiger partial charge in [-0.25, -0.2) is 4.79 Å². The Kier molecular flexibility index (Phi) is 6.25. The Morgan fingerprint density at radius 1 is 1.32 bits per heavy atom. The molecule has 0 heterocycles. The van der Waals surface area contributed by atoms with Crippen molar-refractivity contribution in [2.75, 3.05) is 6.54 Å². The molecule has 22 heavy (non-hydrogen) atoms. The molecule has 0 unspecified atom stereocenters. The number of hydrogen-bond donors (Lipinski definition) is 3. The Bertz CT molecular complexity index is 472. The molecule has 4 nitrogen and oxygen atoms in total. The standard InChI is InChI=1S/C18H28N2O2/c1-3-16(10-14-6-4-13(2)5-7-14)20-18(22)19-12-15-8-9-17(21)11-15/h4-7,15-17,21H,3,8-12H2,1-2H3,(H2,19,20,22)/t15-,16+,17-/m1/s1. The molecule has 0 saturated heterocycles. The van der Waals surface area contributed by atoms with E-state index in [1.807, 2.05) is 0 Å². The molecule has 1 aromatic rings. The number of aliphatic hydroxyl groups is 1. The van der Waals surface area contributed by atoms with E-state index >= 15 is 0 Å². The SMILES string of the molecule is CC[C@@H](Cc1ccc(C)cc1)NC(=O)NC[C@@H]1CC[C@@H](O)C1. The van der Waals surface area contributed by atoms with Crippen molar-refractivity contribution in [3.8, 4) is 0 Å². The van der Waals surface area contributed by atoms with Crippen LogP contribution in [-0.4, -0.2) is 29.8 Å². The van der Waals surface area contributed by atoms with Gasteiger partial charge in [0.05, 0.1) is 6.10 Å². The third-order valence-corrected chi connectivity index (χ3v) is 4.50. The summed E-state index contributed by atoms with van der Waals surface area (Å²) >= 11 is 0. The smallest absolute Gasteiger partial charge is 0.315 e. The fourth-order valence-corrected chi connectivity index (χ4v) is 3.01. The van der Waals surface area contributed by atoms with E-state index < -0.39 is 0 Å². The molecule has 1 fully saturated rings. The highest BCUT2D eigenvalue weighted by atomic mass is 16.3. The Morgan fingerprint density at radius 3 is 2.64 bits per heavy atom. The molecule has 1 saturated carbocycles. The summed E-state index contributed by atoms with van der Waals surface area (Å²) in [6.07, 6.45) is 4.25. The van der Waals surface area contributed by atoms with E-state index in [1.54, 1.807) is 0 Å². The van der Waals surface area contributed by atoms with Crippen molar-refractivity contribution in [2.24, 2.45) is 5.92 Å². The molecule has 0 aliphatic heterocycles. The summed E-state index contributed by atoms with van der Waals surface area (Å²) in [4.78, 5) is 12.0. The summed E-state index contributed by atoms with van der Waals surface area (Å²) in [5.74, 6) is 0.415. The van der Waals surface area contributed by atoms with Crippen LogP contribution in [0.5, 0.6) is 0 Å². The highest BCUT2D eigenvalue weighted by Gasteiger charge is 2.23. The van der Waals surface area contributed by atoms with Gasteiger partial charge in [-0.15, -0.1) is 0 Å². The minimum Gasteiger partial charge on any atom is -0.393 e. The summed E-state index contributed by atoms with van der Waals surface area (Å²) in [7, 11) is 0. The molecule has 4 heteroatoms. The van der Waals surface area contributed by atoms with Crippen LogP contribution in [0.15, 0.2) is 24.3 Å². The predicted molar refractivity (Wildman–Crippen MR) is 88.8 cm³/mol. The van der Waals surface area contributed by atoms with Gasteiger partial charge in [0.1, 0.15) is 0 Å². The number of nitrogens with one attached hydrogen (secondary N) is 2. The lowest BCUT2D eigenvalue weighted by Crippen LogP contribution is -2.44. The average molecular weight is 304 g/mol. The maximum atomic E-state index is 12.0. The molecule has 0 bridgehead atoms. The molecular formula is C18H28N2O2. The maximum absolute atomic E-state index is 12.0. The van der Waals surface area contributed by atoms with Gasteiger partial charge in [-0.3, -0.25) is 0 Å². The van der Waals surface area contributed by atoms with Gasteiger partial charge in [0.15, 0.2) is 0 Å².